The van der Waals surface area contributed by atoms with E-state index in [9.17, 15) is 8.42 Å². The molecule has 7 heteroatoms. The van der Waals surface area contributed by atoms with Gasteiger partial charge in [0.1, 0.15) is 9.84 Å². The quantitative estimate of drug-likeness (QED) is 0.801. The van der Waals surface area contributed by atoms with E-state index in [0.29, 0.717) is 6.54 Å². The first-order chi connectivity index (χ1) is 8.74. The van der Waals surface area contributed by atoms with E-state index in [4.69, 9.17) is 5.73 Å². The van der Waals surface area contributed by atoms with Crippen molar-refractivity contribution in [1.29, 1.82) is 0 Å². The summed E-state index contributed by atoms with van der Waals surface area (Å²) in [5.74, 6) is 0.156. The number of halogens is 1. The summed E-state index contributed by atoms with van der Waals surface area (Å²) in [5, 5.41) is 2.02. The summed E-state index contributed by atoms with van der Waals surface area (Å²) in [6.07, 6.45) is 2.11. The molecule has 2 atom stereocenters. The molecule has 1 aromatic rings. The van der Waals surface area contributed by atoms with Crippen molar-refractivity contribution in [3.8, 4) is 0 Å². The molecule has 0 fully saturated rings. The molecular weight excluding hydrogens is 348 g/mol. The predicted octanol–water partition coefficient (Wildman–Crippen LogP) is 2.27. The van der Waals surface area contributed by atoms with Crippen LogP contribution >= 0.6 is 27.3 Å². The molecule has 0 saturated heterocycles. The molecule has 0 bridgehead atoms. The van der Waals surface area contributed by atoms with Crippen LogP contribution in [0.25, 0.3) is 0 Å². The summed E-state index contributed by atoms with van der Waals surface area (Å²) in [6, 6.07) is 2.11. The number of hydrogen-bond donors (Lipinski definition) is 1. The Morgan fingerprint density at radius 2 is 2.16 bits per heavy atom. The molecule has 0 spiro atoms. The number of thiophene rings is 1. The van der Waals surface area contributed by atoms with E-state index in [1.165, 1.54) is 6.26 Å². The van der Waals surface area contributed by atoms with Crippen LogP contribution in [-0.2, 0) is 9.84 Å². The molecule has 1 heterocycles. The van der Waals surface area contributed by atoms with Gasteiger partial charge in [0.05, 0.1) is 11.8 Å². The minimum atomic E-state index is -2.95. The highest BCUT2D eigenvalue weighted by Crippen LogP contribution is 2.31. The van der Waals surface area contributed by atoms with Gasteiger partial charge in [-0.15, -0.1) is 11.3 Å². The Bertz CT molecular complexity index is 502. The lowest BCUT2D eigenvalue weighted by Crippen LogP contribution is -2.40. The van der Waals surface area contributed by atoms with Crippen LogP contribution < -0.4 is 5.73 Å². The highest BCUT2D eigenvalue weighted by molar-refractivity contribution is 9.10. The fourth-order valence-corrected chi connectivity index (χ4v) is 4.21. The maximum Gasteiger partial charge on any atom is 0.148 e. The summed E-state index contributed by atoms with van der Waals surface area (Å²) in [5.41, 5.74) is 6.20. The molecule has 0 amide bonds. The van der Waals surface area contributed by atoms with Crippen LogP contribution in [0, 0.1) is 0 Å². The molecule has 0 saturated carbocycles. The molecule has 110 valence electrons. The van der Waals surface area contributed by atoms with Crippen molar-refractivity contribution in [2.75, 3.05) is 25.6 Å². The largest absolute Gasteiger partial charge is 0.326 e. The van der Waals surface area contributed by atoms with Crippen LogP contribution in [0.2, 0.25) is 0 Å². The van der Waals surface area contributed by atoms with Crippen LogP contribution in [0.15, 0.2) is 15.9 Å². The lowest BCUT2D eigenvalue weighted by molar-refractivity contribution is 0.224. The zero-order chi connectivity index (χ0) is 14.6. The van der Waals surface area contributed by atoms with Gasteiger partial charge in [-0.05, 0) is 35.5 Å². The number of sulfone groups is 1. The molecule has 0 aliphatic carbocycles. The molecule has 1 aromatic heterocycles. The summed E-state index contributed by atoms with van der Waals surface area (Å²) in [4.78, 5) is 3.20. The van der Waals surface area contributed by atoms with E-state index < -0.39 is 9.84 Å². The lowest BCUT2D eigenvalue weighted by Gasteiger charge is -2.31. The van der Waals surface area contributed by atoms with E-state index in [1.807, 2.05) is 24.3 Å². The molecule has 4 nitrogen and oxygen atoms in total. The van der Waals surface area contributed by atoms with Crippen molar-refractivity contribution in [2.45, 2.75) is 25.4 Å². The van der Waals surface area contributed by atoms with Gasteiger partial charge in [-0.3, -0.25) is 4.90 Å². The molecule has 0 aromatic carbocycles. The highest BCUT2D eigenvalue weighted by Gasteiger charge is 2.25. The molecule has 2 unspecified atom stereocenters. The Hall–Kier alpha value is 0.0500. The molecule has 1 rings (SSSR count). The first-order valence-corrected chi connectivity index (χ1v) is 9.85. The van der Waals surface area contributed by atoms with Gasteiger partial charge < -0.3 is 5.73 Å². The SMILES string of the molecule is CCC(N)C(c1cc(Br)cs1)N(C)CCS(C)(=O)=O. The van der Waals surface area contributed by atoms with Crippen LogP contribution in [0.5, 0.6) is 0 Å². The average Bonchev–Trinajstić information content (AvgIpc) is 2.72. The van der Waals surface area contributed by atoms with Crippen LogP contribution in [0.1, 0.15) is 24.3 Å². The molecule has 0 radical (unpaired) electrons. The van der Waals surface area contributed by atoms with Crippen molar-refractivity contribution in [3.63, 3.8) is 0 Å². The van der Waals surface area contributed by atoms with Gasteiger partial charge in [0, 0.05) is 33.6 Å². The first-order valence-electron chi connectivity index (χ1n) is 6.12. The van der Waals surface area contributed by atoms with Gasteiger partial charge >= 0.3 is 0 Å². The van der Waals surface area contributed by atoms with Gasteiger partial charge in [0.25, 0.3) is 0 Å². The fraction of sp³-hybridized carbons (Fsp3) is 0.667. The first kappa shape index (κ1) is 17.1. The predicted molar refractivity (Wildman–Crippen MR) is 85.4 cm³/mol. The third kappa shape index (κ3) is 5.51. The van der Waals surface area contributed by atoms with E-state index in [1.54, 1.807) is 11.3 Å². The van der Waals surface area contributed by atoms with Crippen molar-refractivity contribution < 1.29 is 8.42 Å². The van der Waals surface area contributed by atoms with Gasteiger partial charge in [-0.2, -0.15) is 0 Å². The van der Waals surface area contributed by atoms with Crippen molar-refractivity contribution in [3.05, 3.63) is 20.8 Å². The summed E-state index contributed by atoms with van der Waals surface area (Å²) >= 11 is 5.09. The average molecular weight is 369 g/mol. The number of hydrogen-bond acceptors (Lipinski definition) is 5. The Labute approximate surface area is 128 Å². The van der Waals surface area contributed by atoms with Gasteiger partial charge in [-0.1, -0.05) is 6.92 Å². The van der Waals surface area contributed by atoms with Crippen molar-refractivity contribution >= 4 is 37.1 Å². The highest BCUT2D eigenvalue weighted by atomic mass is 79.9. The second-order valence-electron chi connectivity index (χ2n) is 4.79. The number of rotatable bonds is 7. The standard InChI is InChI=1S/C12H21BrN2O2S2/c1-4-10(14)12(11-7-9(13)8-18-11)15(2)5-6-19(3,16)17/h7-8,10,12H,4-6,14H2,1-3H3. The monoisotopic (exact) mass is 368 g/mol. The van der Waals surface area contributed by atoms with Crippen LogP contribution in [-0.4, -0.2) is 45.0 Å². The van der Waals surface area contributed by atoms with Gasteiger partial charge in [-0.25, -0.2) is 8.42 Å². The summed E-state index contributed by atoms with van der Waals surface area (Å²) in [6.45, 7) is 2.54. The number of likely N-dealkylation sites (N-methyl/N-ethyl adjacent to an activating group) is 1. The number of nitrogens with two attached hydrogens (primary N) is 1. The van der Waals surface area contributed by atoms with E-state index in [-0.39, 0.29) is 17.8 Å². The van der Waals surface area contributed by atoms with Crippen LogP contribution in [0.3, 0.4) is 0 Å². The van der Waals surface area contributed by atoms with Gasteiger partial charge in [0.2, 0.25) is 0 Å². The minimum absolute atomic E-state index is 0.00453. The van der Waals surface area contributed by atoms with Crippen molar-refractivity contribution in [1.82, 2.24) is 4.90 Å². The zero-order valence-corrected chi connectivity index (χ0v) is 14.7. The van der Waals surface area contributed by atoms with E-state index >= 15 is 0 Å². The molecule has 2 N–H and O–H groups in total. The third-order valence-corrected chi connectivity index (χ3v) is 5.73. The minimum Gasteiger partial charge on any atom is -0.326 e. The summed E-state index contributed by atoms with van der Waals surface area (Å²) in [7, 11) is -1.02. The Morgan fingerprint density at radius 3 is 2.58 bits per heavy atom. The third-order valence-electron chi connectivity index (χ3n) is 3.05. The molecule has 0 aliphatic rings. The maximum atomic E-state index is 11.3. The van der Waals surface area contributed by atoms with E-state index in [2.05, 4.69) is 22.0 Å². The second-order valence-corrected chi connectivity index (χ2v) is 8.91. The second kappa shape index (κ2) is 7.17. The Morgan fingerprint density at radius 1 is 1.53 bits per heavy atom. The molecule has 19 heavy (non-hydrogen) atoms. The zero-order valence-electron chi connectivity index (χ0n) is 11.5. The van der Waals surface area contributed by atoms with Crippen molar-refractivity contribution in [2.24, 2.45) is 5.73 Å². The Balaban J connectivity index is 2.85. The smallest absolute Gasteiger partial charge is 0.148 e. The molecular formula is C12H21BrN2O2S2. The normalized spacial score (nSPS) is 15.7. The van der Waals surface area contributed by atoms with Crippen LogP contribution in [0.4, 0.5) is 0 Å². The fourth-order valence-electron chi connectivity index (χ4n) is 1.91. The van der Waals surface area contributed by atoms with Gasteiger partial charge in [0.15, 0.2) is 0 Å². The lowest BCUT2D eigenvalue weighted by atomic mass is 10.0. The maximum absolute atomic E-state index is 11.3. The summed E-state index contributed by atoms with van der Waals surface area (Å²) < 4.78 is 23.6. The molecule has 0 aliphatic heterocycles. The Kier molecular flexibility index (Phi) is 6.46. The number of nitrogens with zero attached hydrogens (tertiary/aromatic N) is 1. The van der Waals surface area contributed by atoms with E-state index in [0.717, 1.165) is 15.8 Å². The topological polar surface area (TPSA) is 63.4 Å².